The molecule has 0 unspecified atom stereocenters. The first kappa shape index (κ1) is 45.6. The number of phenols is 1. The zero-order chi connectivity index (χ0) is 49.5. The zero-order valence-corrected chi connectivity index (χ0v) is 37.5. The summed E-state index contributed by atoms with van der Waals surface area (Å²) in [7, 11) is 5.61. The first-order valence-electron chi connectivity index (χ1n) is 21.6. The molecule has 0 radical (unpaired) electrons. The molecule has 0 spiro atoms. The van der Waals surface area contributed by atoms with E-state index in [4.69, 9.17) is 8.83 Å². The second-order valence-corrected chi connectivity index (χ2v) is 16.6. The van der Waals surface area contributed by atoms with Crippen LogP contribution in [-0.4, -0.2) is 71.3 Å². The number of carbonyl (C=O) groups is 5. The molecule has 2 heterocycles. The van der Waals surface area contributed by atoms with Gasteiger partial charge in [0.05, 0.1) is 34.9 Å². The van der Waals surface area contributed by atoms with E-state index in [2.05, 4.69) is 16.0 Å². The average molecular weight is 938 g/mol. The molecule has 2 aliphatic carbocycles. The lowest BCUT2D eigenvalue weighted by atomic mass is 9.89. The molecule has 70 heavy (non-hydrogen) atoms. The Bertz CT molecular complexity index is 3740. The van der Waals surface area contributed by atoms with Crippen molar-refractivity contribution in [3.63, 3.8) is 0 Å². The Hall–Kier alpha value is -9.57. The van der Waals surface area contributed by atoms with Crippen LogP contribution in [0.15, 0.2) is 141 Å². The number of hydrogen-bond donors (Lipinski definition) is 7. The summed E-state index contributed by atoms with van der Waals surface area (Å²) in [4.78, 5) is 76.6. The Morgan fingerprint density at radius 2 is 1.13 bits per heavy atom. The molecule has 16 heteroatoms. The van der Waals surface area contributed by atoms with Crippen molar-refractivity contribution >= 4 is 57.3 Å². The SMILES string of the molecule is CNc1ccc2c(-c3ccc(C(=O)NCc4ccc(C(=O)NCc5c(O)ccc6c(-c7ccc(C(=O)O)cc7C(=O)O)c7ccc(=O)cc-7oc56)cc4)cc3C(=O)O)c3ccc(=[N+](C)C)cc-3oc2c1. The number of carboxylic acid groups (broad SMARTS) is 3. The molecule has 0 bridgehead atoms. The van der Waals surface area contributed by atoms with Crippen molar-refractivity contribution in [2.24, 2.45) is 0 Å². The summed E-state index contributed by atoms with van der Waals surface area (Å²) in [6, 6.07) is 32.6. The second kappa shape index (κ2) is 18.3. The summed E-state index contributed by atoms with van der Waals surface area (Å²) in [6.07, 6.45) is 0. The standard InChI is InChI=1S/C54H40N4O12/c1-55-31-10-15-36-44(22-31)69-45-23-32(58(2)3)11-16-37(45)47(36)34-13-8-29(20-40(34)53(65)66)51(62)56-25-27-4-6-28(7-5-27)50(61)57-26-42-43(60)19-18-39-48(38-17-12-33(59)24-46(38)70-49(39)42)35-14-9-30(52(63)64)21-41(35)54(67)68/h4-24H,25-26H2,1-3H3,(H6,56,57,59,60,61,62,63,64,65,66,67,68)/p+1. The van der Waals surface area contributed by atoms with Crippen LogP contribution in [0.1, 0.15) is 62.9 Å². The summed E-state index contributed by atoms with van der Waals surface area (Å²) in [6.45, 7) is -0.232. The molecule has 0 atom stereocenters. The minimum atomic E-state index is -1.40. The van der Waals surface area contributed by atoms with Gasteiger partial charge in [-0.05, 0) is 95.6 Å². The van der Waals surface area contributed by atoms with Crippen molar-refractivity contribution in [2.45, 2.75) is 13.1 Å². The molecule has 2 aliphatic heterocycles. The van der Waals surface area contributed by atoms with Crippen LogP contribution in [0.25, 0.3) is 66.8 Å². The molecular formula is C54H41N4O12+. The highest BCUT2D eigenvalue weighted by atomic mass is 16.4. The van der Waals surface area contributed by atoms with E-state index in [9.17, 15) is 49.2 Å². The largest absolute Gasteiger partial charge is 0.507 e. The molecule has 0 saturated heterocycles. The van der Waals surface area contributed by atoms with Crippen LogP contribution in [0.3, 0.4) is 0 Å². The molecule has 16 nitrogen and oxygen atoms in total. The third kappa shape index (κ3) is 8.52. The number of amides is 2. The monoisotopic (exact) mass is 937 g/mol. The molecule has 348 valence electrons. The number of hydrogen-bond acceptors (Lipinski definition) is 10. The summed E-state index contributed by atoms with van der Waals surface area (Å²) in [5, 5.41) is 51.9. The number of phenolic OH excluding ortho intramolecular Hbond substituents is 1. The van der Waals surface area contributed by atoms with Gasteiger partial charge in [0, 0.05) is 81.6 Å². The second-order valence-electron chi connectivity index (χ2n) is 16.6. The highest BCUT2D eigenvalue weighted by Crippen LogP contribution is 2.45. The van der Waals surface area contributed by atoms with Gasteiger partial charge in [0.15, 0.2) is 5.43 Å². The van der Waals surface area contributed by atoms with Crippen LogP contribution in [0, 0.1) is 0 Å². The maximum absolute atomic E-state index is 13.5. The van der Waals surface area contributed by atoms with Gasteiger partial charge >= 0.3 is 17.9 Å². The van der Waals surface area contributed by atoms with Crippen LogP contribution in [-0.2, 0) is 13.1 Å². The first-order chi connectivity index (χ1) is 33.6. The van der Waals surface area contributed by atoms with Gasteiger partial charge in [-0.25, -0.2) is 19.0 Å². The van der Waals surface area contributed by atoms with Crippen molar-refractivity contribution in [1.29, 1.82) is 0 Å². The fourth-order valence-electron chi connectivity index (χ4n) is 8.53. The van der Waals surface area contributed by atoms with Crippen molar-refractivity contribution < 1.29 is 53.2 Å². The van der Waals surface area contributed by atoms with E-state index in [-0.39, 0.29) is 69.1 Å². The van der Waals surface area contributed by atoms with Crippen LogP contribution < -0.4 is 31.3 Å². The lowest BCUT2D eigenvalue weighted by Gasteiger charge is -2.19. The summed E-state index contributed by atoms with van der Waals surface area (Å²) >= 11 is 0. The van der Waals surface area contributed by atoms with E-state index in [1.807, 2.05) is 55.1 Å². The fraction of sp³-hybridized carbons (Fsp3) is 0.0926. The Morgan fingerprint density at radius 1 is 0.557 bits per heavy atom. The number of carboxylic acids is 3. The van der Waals surface area contributed by atoms with Crippen molar-refractivity contribution in [3.05, 3.63) is 182 Å². The third-order valence-corrected chi connectivity index (χ3v) is 12.1. The smallest absolute Gasteiger partial charge is 0.336 e. The van der Waals surface area contributed by atoms with E-state index in [1.54, 1.807) is 43.4 Å². The summed E-state index contributed by atoms with van der Waals surface area (Å²) < 4.78 is 14.4. The van der Waals surface area contributed by atoms with Gasteiger partial charge in [0.2, 0.25) is 5.36 Å². The number of aromatic carboxylic acids is 3. The minimum Gasteiger partial charge on any atom is -0.507 e. The summed E-state index contributed by atoms with van der Waals surface area (Å²) in [5.74, 6) is -4.67. The lowest BCUT2D eigenvalue weighted by molar-refractivity contribution is 0.0682. The van der Waals surface area contributed by atoms with Crippen molar-refractivity contribution in [1.82, 2.24) is 15.2 Å². The molecule has 5 aromatic carbocycles. The first-order valence-corrected chi connectivity index (χ1v) is 21.6. The van der Waals surface area contributed by atoms with Gasteiger partial charge in [-0.15, -0.1) is 0 Å². The molecule has 4 aliphatic rings. The number of nitrogens with zero attached hydrogens (tertiary/aromatic N) is 1. The quantitative estimate of drug-likeness (QED) is 0.0457. The number of aromatic hydroxyl groups is 1. The Labute approximate surface area is 396 Å². The molecule has 0 aromatic heterocycles. The van der Waals surface area contributed by atoms with Crippen molar-refractivity contribution in [2.75, 3.05) is 26.5 Å². The molecular weight excluding hydrogens is 897 g/mol. The highest BCUT2D eigenvalue weighted by Gasteiger charge is 2.27. The number of anilines is 1. The normalized spacial score (nSPS) is 11.2. The molecule has 2 amide bonds. The Kier molecular flexibility index (Phi) is 11.9. The molecule has 9 rings (SSSR count). The number of rotatable bonds is 12. The van der Waals surface area contributed by atoms with E-state index in [1.165, 1.54) is 48.5 Å². The molecule has 5 aromatic rings. The molecule has 7 N–H and O–H groups in total. The van der Waals surface area contributed by atoms with Gasteiger partial charge in [0.25, 0.3) is 11.8 Å². The predicted molar refractivity (Wildman–Crippen MR) is 261 cm³/mol. The van der Waals surface area contributed by atoms with Crippen LogP contribution in [0.4, 0.5) is 5.69 Å². The van der Waals surface area contributed by atoms with Gasteiger partial charge in [-0.1, -0.05) is 24.3 Å². The van der Waals surface area contributed by atoms with E-state index >= 15 is 0 Å². The minimum absolute atomic E-state index is 0.0394. The van der Waals surface area contributed by atoms with Gasteiger partial charge in [0.1, 0.15) is 42.5 Å². The number of carbonyl (C=O) groups excluding carboxylic acids is 2. The van der Waals surface area contributed by atoms with Crippen LogP contribution >= 0.6 is 0 Å². The van der Waals surface area contributed by atoms with E-state index in [0.29, 0.717) is 55.5 Å². The van der Waals surface area contributed by atoms with Gasteiger partial charge in [-0.2, -0.15) is 0 Å². The number of nitrogens with one attached hydrogen (secondary N) is 3. The topological polar surface area (TPSA) is 249 Å². The highest BCUT2D eigenvalue weighted by molar-refractivity contribution is 6.11. The van der Waals surface area contributed by atoms with E-state index in [0.717, 1.165) is 17.1 Å². The lowest BCUT2D eigenvalue weighted by Crippen LogP contribution is -2.24. The predicted octanol–water partition coefficient (Wildman–Crippen LogP) is 7.82. The Morgan fingerprint density at radius 3 is 1.79 bits per heavy atom. The van der Waals surface area contributed by atoms with Crippen molar-refractivity contribution in [3.8, 4) is 50.7 Å². The third-order valence-electron chi connectivity index (χ3n) is 12.1. The fourth-order valence-corrected chi connectivity index (χ4v) is 8.53. The maximum Gasteiger partial charge on any atom is 0.336 e. The molecule has 0 saturated carbocycles. The maximum atomic E-state index is 13.5. The van der Waals surface area contributed by atoms with Crippen LogP contribution in [0.2, 0.25) is 0 Å². The van der Waals surface area contributed by atoms with Gasteiger partial charge in [-0.3, -0.25) is 14.4 Å². The number of benzene rings is 7. The average Bonchev–Trinajstić information content (AvgIpc) is 3.35. The van der Waals surface area contributed by atoms with Crippen LogP contribution in [0.5, 0.6) is 5.75 Å². The number of fused-ring (bicyclic) bond motifs is 4. The zero-order valence-electron chi connectivity index (χ0n) is 37.5. The Balaban J connectivity index is 0.946. The molecule has 0 fully saturated rings. The van der Waals surface area contributed by atoms with Gasteiger partial charge < -0.3 is 45.2 Å². The summed E-state index contributed by atoms with van der Waals surface area (Å²) in [5.41, 5.74) is 3.94. The van der Waals surface area contributed by atoms with E-state index < -0.39 is 35.2 Å².